The van der Waals surface area contributed by atoms with E-state index in [1.165, 1.54) is 0 Å². The molecule has 0 spiro atoms. The lowest BCUT2D eigenvalue weighted by atomic mass is 10.3. The molecule has 3 aromatic rings. The number of hydrogen-bond donors (Lipinski definition) is 1. The van der Waals surface area contributed by atoms with Crippen LogP contribution in [0.15, 0.2) is 52.9 Å². The van der Waals surface area contributed by atoms with Crippen LogP contribution in [0.4, 0.5) is 5.69 Å². The Kier molecular flexibility index (Phi) is 4.05. The Morgan fingerprint density at radius 1 is 1.10 bits per heavy atom. The summed E-state index contributed by atoms with van der Waals surface area (Å²) in [4.78, 5) is 4.51. The van der Waals surface area contributed by atoms with Gasteiger partial charge in [-0.15, -0.1) is 0 Å². The van der Waals surface area contributed by atoms with E-state index in [-0.39, 0.29) is 0 Å². The third kappa shape index (κ3) is 3.16. The van der Waals surface area contributed by atoms with E-state index in [0.717, 1.165) is 47.8 Å². The molecule has 0 saturated heterocycles. The van der Waals surface area contributed by atoms with Crippen LogP contribution in [0.25, 0.3) is 11.1 Å². The maximum atomic E-state index is 5.74. The predicted octanol–water partition coefficient (Wildman–Crippen LogP) is 3.88. The lowest BCUT2D eigenvalue weighted by molar-refractivity contribution is 0.419. The number of nitrogens with zero attached hydrogens (tertiary/aromatic N) is 1. The summed E-state index contributed by atoms with van der Waals surface area (Å²) in [5.41, 5.74) is 2.71. The highest BCUT2D eigenvalue weighted by molar-refractivity contribution is 5.79. The van der Waals surface area contributed by atoms with Crippen LogP contribution in [0, 0.1) is 0 Å². The van der Waals surface area contributed by atoms with Gasteiger partial charge in [-0.2, -0.15) is 0 Å². The monoisotopic (exact) mass is 282 g/mol. The van der Waals surface area contributed by atoms with E-state index in [0.29, 0.717) is 0 Å². The van der Waals surface area contributed by atoms with Crippen LogP contribution in [0.1, 0.15) is 12.3 Å². The van der Waals surface area contributed by atoms with Gasteiger partial charge in [0.15, 0.2) is 17.0 Å². The molecule has 2 aromatic carbocycles. The first-order chi connectivity index (χ1) is 10.4. The average molecular weight is 282 g/mol. The fourth-order valence-electron chi connectivity index (χ4n) is 2.27. The van der Waals surface area contributed by atoms with Crippen LogP contribution < -0.4 is 10.1 Å². The van der Waals surface area contributed by atoms with Crippen molar-refractivity contribution in [3.63, 3.8) is 0 Å². The van der Waals surface area contributed by atoms with Crippen molar-refractivity contribution in [1.82, 2.24) is 4.98 Å². The van der Waals surface area contributed by atoms with Gasteiger partial charge >= 0.3 is 0 Å². The highest BCUT2D eigenvalue weighted by Crippen LogP contribution is 2.25. The number of aryl methyl sites for hydroxylation is 1. The van der Waals surface area contributed by atoms with Crippen LogP contribution >= 0.6 is 0 Å². The molecule has 1 heterocycles. The van der Waals surface area contributed by atoms with Crippen molar-refractivity contribution in [1.29, 1.82) is 0 Å². The molecule has 108 valence electrons. The van der Waals surface area contributed by atoms with Crippen molar-refractivity contribution in [2.24, 2.45) is 0 Å². The lowest BCUT2D eigenvalue weighted by Crippen LogP contribution is -2.02. The molecule has 4 nitrogen and oxygen atoms in total. The van der Waals surface area contributed by atoms with E-state index in [1.54, 1.807) is 7.11 Å². The maximum Gasteiger partial charge on any atom is 0.195 e. The van der Waals surface area contributed by atoms with Crippen LogP contribution in [0.3, 0.4) is 0 Å². The number of para-hydroxylation sites is 2. The van der Waals surface area contributed by atoms with Crippen LogP contribution in [-0.2, 0) is 6.42 Å². The normalized spacial score (nSPS) is 10.7. The first kappa shape index (κ1) is 13.5. The Balaban J connectivity index is 1.58. The fraction of sp³-hybridized carbons (Fsp3) is 0.235. The molecule has 0 saturated carbocycles. The summed E-state index contributed by atoms with van der Waals surface area (Å²) >= 11 is 0. The van der Waals surface area contributed by atoms with E-state index >= 15 is 0 Å². The number of nitrogens with one attached hydrogen (secondary N) is 1. The highest BCUT2D eigenvalue weighted by atomic mass is 16.5. The van der Waals surface area contributed by atoms with Crippen molar-refractivity contribution < 1.29 is 9.15 Å². The summed E-state index contributed by atoms with van der Waals surface area (Å²) in [6.45, 7) is 0.889. The minimum atomic E-state index is 0.754. The molecule has 0 radical (unpaired) electrons. The molecule has 0 fully saturated rings. The minimum Gasteiger partial charge on any atom is -0.494 e. The Morgan fingerprint density at radius 2 is 1.95 bits per heavy atom. The number of fused-ring (bicyclic) bond motifs is 1. The van der Waals surface area contributed by atoms with Gasteiger partial charge in [0.1, 0.15) is 5.75 Å². The number of methoxy groups -OCH3 is 1. The summed E-state index contributed by atoms with van der Waals surface area (Å²) in [5, 5.41) is 3.38. The Hall–Kier alpha value is -2.49. The standard InChI is InChI=1S/C17H18N2O2/c1-20-14-9-5-10-15-17(14)19-16(21-15)11-6-12-18-13-7-3-2-4-8-13/h2-5,7-10,18H,6,11-12H2,1H3. The molecule has 0 atom stereocenters. The fourth-order valence-corrected chi connectivity index (χ4v) is 2.27. The number of hydrogen-bond acceptors (Lipinski definition) is 4. The SMILES string of the molecule is COc1cccc2oc(CCCNc3ccccc3)nc12. The van der Waals surface area contributed by atoms with Gasteiger partial charge in [0.2, 0.25) is 0 Å². The predicted molar refractivity (Wildman–Crippen MR) is 83.8 cm³/mol. The molecule has 0 unspecified atom stereocenters. The maximum absolute atomic E-state index is 5.74. The second-order valence-corrected chi connectivity index (χ2v) is 4.81. The molecule has 1 N–H and O–H groups in total. The summed E-state index contributed by atoms with van der Waals surface area (Å²) in [6, 6.07) is 15.9. The number of ether oxygens (including phenoxy) is 1. The second kappa shape index (κ2) is 6.31. The van der Waals surface area contributed by atoms with E-state index in [4.69, 9.17) is 9.15 Å². The second-order valence-electron chi connectivity index (χ2n) is 4.81. The van der Waals surface area contributed by atoms with Crippen molar-refractivity contribution in [2.45, 2.75) is 12.8 Å². The summed E-state index contributed by atoms with van der Waals surface area (Å²) in [6.07, 6.45) is 1.77. The molecule has 0 aliphatic rings. The molecule has 0 aliphatic heterocycles. The zero-order valence-corrected chi connectivity index (χ0v) is 12.0. The zero-order chi connectivity index (χ0) is 14.5. The third-order valence-corrected chi connectivity index (χ3v) is 3.32. The van der Waals surface area contributed by atoms with Gasteiger partial charge in [0, 0.05) is 18.7 Å². The molecule has 4 heteroatoms. The van der Waals surface area contributed by atoms with Crippen LogP contribution in [-0.4, -0.2) is 18.6 Å². The molecular weight excluding hydrogens is 264 g/mol. The summed E-state index contributed by atoms with van der Waals surface area (Å²) < 4.78 is 11.0. The highest BCUT2D eigenvalue weighted by Gasteiger charge is 2.09. The molecule has 0 bridgehead atoms. The molecular formula is C17H18N2O2. The summed E-state index contributed by atoms with van der Waals surface area (Å²) in [5.74, 6) is 1.51. The van der Waals surface area contributed by atoms with E-state index < -0.39 is 0 Å². The molecule has 0 aliphatic carbocycles. The van der Waals surface area contributed by atoms with Gasteiger partial charge in [-0.1, -0.05) is 24.3 Å². The molecule has 1 aromatic heterocycles. The van der Waals surface area contributed by atoms with E-state index in [9.17, 15) is 0 Å². The molecule has 0 amide bonds. The van der Waals surface area contributed by atoms with Crippen molar-refractivity contribution in [3.05, 3.63) is 54.4 Å². The van der Waals surface area contributed by atoms with Crippen LogP contribution in [0.2, 0.25) is 0 Å². The van der Waals surface area contributed by atoms with Gasteiger partial charge in [0.25, 0.3) is 0 Å². The van der Waals surface area contributed by atoms with E-state index in [1.807, 2.05) is 36.4 Å². The largest absolute Gasteiger partial charge is 0.494 e. The Bertz CT molecular complexity index is 707. The number of oxazole rings is 1. The van der Waals surface area contributed by atoms with Crippen LogP contribution in [0.5, 0.6) is 5.75 Å². The first-order valence-corrected chi connectivity index (χ1v) is 7.08. The van der Waals surface area contributed by atoms with Gasteiger partial charge in [-0.05, 0) is 30.7 Å². The smallest absolute Gasteiger partial charge is 0.195 e. The van der Waals surface area contributed by atoms with Crippen molar-refractivity contribution in [3.8, 4) is 5.75 Å². The number of rotatable bonds is 6. The first-order valence-electron chi connectivity index (χ1n) is 7.08. The van der Waals surface area contributed by atoms with Crippen molar-refractivity contribution >= 4 is 16.8 Å². The number of benzene rings is 2. The summed E-state index contributed by atoms with van der Waals surface area (Å²) in [7, 11) is 1.65. The minimum absolute atomic E-state index is 0.754. The van der Waals surface area contributed by atoms with Gasteiger partial charge in [0.05, 0.1) is 7.11 Å². The van der Waals surface area contributed by atoms with E-state index in [2.05, 4.69) is 22.4 Å². The van der Waals surface area contributed by atoms with Crippen molar-refractivity contribution in [2.75, 3.05) is 19.0 Å². The number of anilines is 1. The lowest BCUT2D eigenvalue weighted by Gasteiger charge is -2.04. The third-order valence-electron chi connectivity index (χ3n) is 3.32. The number of aromatic nitrogens is 1. The quantitative estimate of drug-likeness (QED) is 0.697. The van der Waals surface area contributed by atoms with Gasteiger partial charge in [-0.25, -0.2) is 4.98 Å². The molecule has 21 heavy (non-hydrogen) atoms. The van der Waals surface area contributed by atoms with Gasteiger partial charge in [-0.3, -0.25) is 0 Å². The Morgan fingerprint density at radius 3 is 2.76 bits per heavy atom. The molecule has 3 rings (SSSR count). The zero-order valence-electron chi connectivity index (χ0n) is 12.0. The Labute approximate surface area is 123 Å². The van der Waals surface area contributed by atoms with Gasteiger partial charge < -0.3 is 14.5 Å². The average Bonchev–Trinajstić information content (AvgIpc) is 2.95. The topological polar surface area (TPSA) is 47.3 Å².